The lowest BCUT2D eigenvalue weighted by Gasteiger charge is -2.35. The normalized spacial score (nSPS) is 17.0. The molecule has 0 saturated heterocycles. The fourth-order valence-corrected chi connectivity index (χ4v) is 10.3. The predicted octanol–water partition coefficient (Wildman–Crippen LogP) is 14.5. The number of rotatable bonds is 19. The first-order valence-corrected chi connectivity index (χ1v) is 26.0. The minimum absolute atomic E-state index is 0.00290. The van der Waals surface area contributed by atoms with Gasteiger partial charge in [-0.15, -0.1) is 0 Å². The summed E-state index contributed by atoms with van der Waals surface area (Å²) in [4.78, 5) is 43.7. The molecular weight excluding hydrogens is 877 g/mol. The Labute approximate surface area is 425 Å². The van der Waals surface area contributed by atoms with Gasteiger partial charge in [0.15, 0.2) is 12.3 Å². The summed E-state index contributed by atoms with van der Waals surface area (Å²) in [6.07, 6.45) is 12.0. The molecule has 0 bridgehead atoms. The van der Waals surface area contributed by atoms with Gasteiger partial charge in [-0.1, -0.05) is 141 Å². The summed E-state index contributed by atoms with van der Waals surface area (Å²) < 4.78 is 2.35. The summed E-state index contributed by atoms with van der Waals surface area (Å²) in [5.74, 6) is 0.102. The molecule has 0 radical (unpaired) electrons. The zero-order valence-electron chi connectivity index (χ0n) is 45.0. The van der Waals surface area contributed by atoms with Crippen LogP contribution >= 0.6 is 0 Å². The van der Waals surface area contributed by atoms with Gasteiger partial charge >= 0.3 is 0 Å². The molecule has 8 heteroatoms. The molecule has 0 saturated carbocycles. The lowest BCUT2D eigenvalue weighted by atomic mass is 9.76. The molecule has 3 unspecified atom stereocenters. The van der Waals surface area contributed by atoms with Gasteiger partial charge in [0.05, 0.1) is 11.4 Å². The molecule has 4 aromatic rings. The second-order valence-corrected chi connectivity index (χ2v) is 22.9. The number of aryl methyl sites for hydroxylation is 3. The van der Waals surface area contributed by atoms with Crippen molar-refractivity contribution in [3.05, 3.63) is 154 Å². The molecule has 0 spiro atoms. The largest absolute Gasteiger partial charge is 0.871 e. The van der Waals surface area contributed by atoms with Crippen LogP contribution in [0.15, 0.2) is 132 Å². The van der Waals surface area contributed by atoms with Crippen LogP contribution in [-0.2, 0) is 14.4 Å². The standard InChI is InChI=1S/C63H80N4O4/c1-14-16-56(68)64-54-36-50(66(47-26-19-41(3)20-27-47)40-46(45(7)39-63(11,12)13)25-18-44(6)38-62(8,9)10)32-34-52(54)58-60(70)59(61(58)71)53-35-33-51(37-55(53)65-57(69)17-15-2)67(48-28-21-42(4)22-29-48)49-30-23-43(5)24-31-49/h19-24,26-37,44-46H,14-18,25,38-40H2,1-13H3,(H2,64,65,68,69,70,71). The van der Waals surface area contributed by atoms with E-state index in [9.17, 15) is 19.5 Å². The quantitative estimate of drug-likeness (QED) is 0.0720. The monoisotopic (exact) mass is 957 g/mol. The number of allylic oxidation sites excluding steroid dienone is 5. The third-order valence-electron chi connectivity index (χ3n) is 13.6. The van der Waals surface area contributed by atoms with Crippen molar-refractivity contribution >= 4 is 57.3 Å². The summed E-state index contributed by atoms with van der Waals surface area (Å²) in [6.45, 7) is 29.5. The van der Waals surface area contributed by atoms with Gasteiger partial charge in [-0.05, 0) is 118 Å². The zero-order chi connectivity index (χ0) is 51.8. The van der Waals surface area contributed by atoms with Crippen molar-refractivity contribution in [2.45, 2.75) is 141 Å². The van der Waals surface area contributed by atoms with Crippen molar-refractivity contribution in [3.8, 4) is 0 Å². The maximum atomic E-state index is 14.7. The molecule has 71 heavy (non-hydrogen) atoms. The van der Waals surface area contributed by atoms with Gasteiger partial charge in [0, 0.05) is 82.4 Å². The first kappa shape index (κ1) is 54.1. The molecule has 0 fully saturated rings. The maximum absolute atomic E-state index is 14.7. The summed E-state index contributed by atoms with van der Waals surface area (Å²) in [5, 5.41) is 20.9. The average Bonchev–Trinajstić information content (AvgIpc) is 3.28. The Hall–Kier alpha value is -6.28. The van der Waals surface area contributed by atoms with E-state index in [2.05, 4.69) is 155 Å². The number of ketones is 1. The number of carbonyl (C=O) groups is 3. The molecule has 8 nitrogen and oxygen atoms in total. The lowest BCUT2D eigenvalue weighted by molar-refractivity contribution is -0.450. The minimum atomic E-state index is -0.433. The van der Waals surface area contributed by atoms with E-state index in [1.165, 1.54) is 0 Å². The number of benzene rings is 4. The van der Waals surface area contributed by atoms with Crippen molar-refractivity contribution in [2.75, 3.05) is 16.8 Å². The van der Waals surface area contributed by atoms with Crippen molar-refractivity contribution < 1.29 is 24.1 Å². The molecule has 3 atom stereocenters. The van der Waals surface area contributed by atoms with Crippen LogP contribution in [0.3, 0.4) is 0 Å². The van der Waals surface area contributed by atoms with Gasteiger partial charge in [-0.2, -0.15) is 4.58 Å². The highest BCUT2D eigenvalue weighted by atomic mass is 16.3. The number of anilines is 4. The third-order valence-corrected chi connectivity index (χ3v) is 13.6. The topological polar surface area (TPSA) is 105 Å². The molecule has 2 N–H and O–H groups in total. The van der Waals surface area contributed by atoms with Crippen molar-refractivity contribution in [1.82, 2.24) is 5.32 Å². The Balaban J connectivity index is 1.48. The molecule has 6 rings (SSSR count). The van der Waals surface area contributed by atoms with E-state index < -0.39 is 11.5 Å². The van der Waals surface area contributed by atoms with Gasteiger partial charge in [-0.25, -0.2) is 0 Å². The second-order valence-electron chi connectivity index (χ2n) is 22.9. The minimum Gasteiger partial charge on any atom is -0.871 e. The number of nitrogens with one attached hydrogen (secondary N) is 2. The van der Waals surface area contributed by atoms with Crippen LogP contribution in [0.2, 0.25) is 0 Å². The fraction of sp³-hybridized carbons (Fsp3) is 0.429. The Kier molecular flexibility index (Phi) is 17.7. The van der Waals surface area contributed by atoms with E-state index in [0.717, 1.165) is 77.4 Å². The van der Waals surface area contributed by atoms with Gasteiger partial charge in [0.1, 0.15) is 0 Å². The van der Waals surface area contributed by atoms with E-state index in [1.54, 1.807) is 6.07 Å². The zero-order valence-corrected chi connectivity index (χ0v) is 45.0. The second kappa shape index (κ2) is 23.3. The van der Waals surface area contributed by atoms with E-state index in [-0.39, 0.29) is 46.6 Å². The first-order chi connectivity index (χ1) is 33.5. The highest BCUT2D eigenvalue weighted by Crippen LogP contribution is 2.44. The summed E-state index contributed by atoms with van der Waals surface area (Å²) in [7, 11) is 0. The number of hydrogen-bond acceptors (Lipinski definition) is 5. The SMILES string of the molecule is CCCC(=O)NC1=CC(=[N+](CC(CCC(C)CC(C)(C)C)C(C)CC(C)(C)C)c2ccc(C)cc2)C=CC1=C1C(=O)C(c2ccc(N(c3ccc(C)cc3)c3ccc(C)cc3)cc2NC(=O)CCC)=C1[O-]. The van der Waals surface area contributed by atoms with Crippen molar-refractivity contribution in [3.63, 3.8) is 0 Å². The molecule has 4 aromatic carbocycles. The number of carbonyl (C=O) groups excluding carboxylic acids is 3. The summed E-state index contributed by atoms with van der Waals surface area (Å²) >= 11 is 0. The van der Waals surface area contributed by atoms with Gasteiger partial charge < -0.3 is 20.6 Å². The Morgan fingerprint density at radius 2 is 1.18 bits per heavy atom. The molecule has 376 valence electrons. The molecule has 2 amide bonds. The smallest absolute Gasteiger partial charge is 0.224 e. The van der Waals surface area contributed by atoms with E-state index in [1.807, 2.05) is 58.1 Å². The number of nitrogens with zero attached hydrogens (tertiary/aromatic N) is 2. The lowest BCUT2D eigenvalue weighted by Crippen LogP contribution is -2.34. The number of Topliss-reactive ketones (excluding diaryl/α,β-unsaturated/α-hetero) is 1. The van der Waals surface area contributed by atoms with Crippen LogP contribution in [0.25, 0.3) is 5.57 Å². The summed E-state index contributed by atoms with van der Waals surface area (Å²) in [5.41, 5.74) is 9.86. The highest BCUT2D eigenvalue weighted by Gasteiger charge is 2.36. The molecule has 2 aliphatic carbocycles. The molecule has 0 aliphatic heterocycles. The van der Waals surface area contributed by atoms with Crippen molar-refractivity contribution in [1.29, 1.82) is 0 Å². The van der Waals surface area contributed by atoms with Crippen LogP contribution in [-0.4, -0.2) is 34.4 Å². The van der Waals surface area contributed by atoms with E-state index in [4.69, 9.17) is 0 Å². The van der Waals surface area contributed by atoms with Crippen LogP contribution in [0.4, 0.5) is 28.4 Å². The number of hydrogen-bond donors (Lipinski definition) is 2. The molecular formula is C63H80N4O4. The van der Waals surface area contributed by atoms with Crippen LogP contribution in [0.5, 0.6) is 0 Å². The van der Waals surface area contributed by atoms with Crippen molar-refractivity contribution in [2.24, 2.45) is 28.6 Å². The fourth-order valence-electron chi connectivity index (χ4n) is 10.3. The van der Waals surface area contributed by atoms with Crippen LogP contribution in [0.1, 0.15) is 143 Å². The summed E-state index contributed by atoms with van der Waals surface area (Å²) in [6, 6.07) is 30.5. The Morgan fingerprint density at radius 1 is 0.662 bits per heavy atom. The number of amides is 2. The third kappa shape index (κ3) is 14.2. The van der Waals surface area contributed by atoms with E-state index >= 15 is 0 Å². The van der Waals surface area contributed by atoms with Gasteiger partial charge in [0.25, 0.3) is 0 Å². The van der Waals surface area contributed by atoms with Gasteiger partial charge in [0.2, 0.25) is 23.2 Å². The maximum Gasteiger partial charge on any atom is 0.224 e. The highest BCUT2D eigenvalue weighted by molar-refractivity contribution is 6.40. The van der Waals surface area contributed by atoms with Gasteiger partial charge in [-0.3, -0.25) is 14.4 Å². The van der Waals surface area contributed by atoms with Crippen LogP contribution < -0.4 is 20.6 Å². The van der Waals surface area contributed by atoms with Crippen LogP contribution in [0, 0.1) is 49.4 Å². The first-order valence-electron chi connectivity index (χ1n) is 26.0. The molecule has 0 heterocycles. The van der Waals surface area contributed by atoms with E-state index in [0.29, 0.717) is 53.1 Å². The molecule has 2 aliphatic rings. The predicted molar refractivity (Wildman–Crippen MR) is 294 cm³/mol. The average molecular weight is 957 g/mol. The Bertz CT molecular complexity index is 2670. The Morgan fingerprint density at radius 3 is 1.70 bits per heavy atom. The molecule has 0 aromatic heterocycles.